The summed E-state index contributed by atoms with van der Waals surface area (Å²) in [6, 6.07) is 3.97. The van der Waals surface area contributed by atoms with Gasteiger partial charge in [-0.3, -0.25) is 4.79 Å². The first-order valence-electron chi connectivity index (χ1n) is 8.25. The average molecular weight is 351 g/mol. The van der Waals surface area contributed by atoms with E-state index in [-0.39, 0.29) is 17.5 Å². The number of likely N-dealkylation sites (tertiary alicyclic amines) is 1. The highest BCUT2D eigenvalue weighted by Crippen LogP contribution is 2.40. The predicted octanol–water partition coefficient (Wildman–Crippen LogP) is 3.94. The smallest absolute Gasteiger partial charge is 0.337 e. The van der Waals surface area contributed by atoms with E-state index in [1.807, 2.05) is 0 Å². The zero-order chi connectivity index (χ0) is 17.6. The molecule has 2 aliphatic rings. The number of aromatic nitrogens is 2. The van der Waals surface area contributed by atoms with Crippen LogP contribution in [0.5, 0.6) is 0 Å². The van der Waals surface area contributed by atoms with Crippen LogP contribution in [0.25, 0.3) is 0 Å². The molecule has 1 aliphatic carbocycles. The molecule has 2 aromatic rings. The maximum absolute atomic E-state index is 12.7. The maximum Gasteiger partial charge on any atom is 0.416 e. The summed E-state index contributed by atoms with van der Waals surface area (Å²) in [6.45, 7) is 0.520. The summed E-state index contributed by atoms with van der Waals surface area (Å²) in [5, 5.41) is 3.98. The van der Waals surface area contributed by atoms with E-state index in [9.17, 15) is 18.0 Å². The molecule has 0 spiro atoms. The van der Waals surface area contributed by atoms with E-state index in [1.54, 1.807) is 4.90 Å². The topological polar surface area (TPSA) is 59.2 Å². The van der Waals surface area contributed by atoms with Gasteiger partial charge in [0.05, 0.1) is 5.56 Å². The lowest BCUT2D eigenvalue weighted by Crippen LogP contribution is -2.30. The third-order valence-corrected chi connectivity index (χ3v) is 4.66. The van der Waals surface area contributed by atoms with Crippen LogP contribution in [0.4, 0.5) is 13.2 Å². The molecular formula is C17H16F3N3O2. The number of amides is 1. The Kier molecular flexibility index (Phi) is 3.77. The Morgan fingerprint density at radius 2 is 1.88 bits per heavy atom. The number of hydrogen-bond acceptors (Lipinski definition) is 4. The van der Waals surface area contributed by atoms with E-state index in [0.29, 0.717) is 30.6 Å². The fourth-order valence-electron chi connectivity index (χ4n) is 3.12. The molecule has 25 heavy (non-hydrogen) atoms. The van der Waals surface area contributed by atoms with Gasteiger partial charge in [0.1, 0.15) is 6.04 Å². The van der Waals surface area contributed by atoms with Gasteiger partial charge in [0, 0.05) is 18.0 Å². The number of carbonyl (C=O) groups is 1. The third kappa shape index (κ3) is 3.12. The molecule has 0 bridgehead atoms. The van der Waals surface area contributed by atoms with E-state index in [4.69, 9.17) is 4.52 Å². The van der Waals surface area contributed by atoms with Crippen molar-refractivity contribution in [1.29, 1.82) is 0 Å². The summed E-state index contributed by atoms with van der Waals surface area (Å²) >= 11 is 0. The Morgan fingerprint density at radius 1 is 1.16 bits per heavy atom. The van der Waals surface area contributed by atoms with Gasteiger partial charge < -0.3 is 9.42 Å². The zero-order valence-corrected chi connectivity index (χ0v) is 13.3. The number of alkyl halides is 3. The van der Waals surface area contributed by atoms with E-state index in [0.717, 1.165) is 31.4 Å². The number of carbonyl (C=O) groups excluding carboxylic acids is 1. The van der Waals surface area contributed by atoms with Gasteiger partial charge in [-0.2, -0.15) is 18.2 Å². The Bertz CT molecular complexity index is 781. The molecule has 0 radical (unpaired) electrons. The second-order valence-electron chi connectivity index (χ2n) is 6.50. The molecule has 132 valence electrons. The number of rotatable bonds is 3. The van der Waals surface area contributed by atoms with Crippen LogP contribution in [0.3, 0.4) is 0 Å². The van der Waals surface area contributed by atoms with Crippen molar-refractivity contribution >= 4 is 5.91 Å². The van der Waals surface area contributed by atoms with Crippen molar-refractivity contribution in [3.05, 3.63) is 47.1 Å². The molecular weight excluding hydrogens is 335 g/mol. The number of nitrogens with zero attached hydrogens (tertiary/aromatic N) is 3. The summed E-state index contributed by atoms with van der Waals surface area (Å²) in [5.41, 5.74) is -0.546. The van der Waals surface area contributed by atoms with Crippen molar-refractivity contribution in [2.75, 3.05) is 6.54 Å². The van der Waals surface area contributed by atoms with Crippen molar-refractivity contribution in [1.82, 2.24) is 15.0 Å². The lowest BCUT2D eigenvalue weighted by Gasteiger charge is -2.22. The second kappa shape index (κ2) is 5.86. The van der Waals surface area contributed by atoms with Gasteiger partial charge in [-0.05, 0) is 49.9 Å². The van der Waals surface area contributed by atoms with Crippen LogP contribution < -0.4 is 0 Å². The van der Waals surface area contributed by atoms with Crippen molar-refractivity contribution < 1.29 is 22.5 Å². The van der Waals surface area contributed by atoms with Crippen LogP contribution in [-0.2, 0) is 6.18 Å². The molecule has 4 rings (SSSR count). The monoisotopic (exact) mass is 351 g/mol. The molecule has 1 amide bonds. The molecule has 5 nitrogen and oxygen atoms in total. The molecule has 8 heteroatoms. The van der Waals surface area contributed by atoms with Gasteiger partial charge >= 0.3 is 6.18 Å². The first kappa shape index (κ1) is 16.1. The highest BCUT2D eigenvalue weighted by atomic mass is 19.4. The fourth-order valence-corrected chi connectivity index (χ4v) is 3.12. The van der Waals surface area contributed by atoms with Crippen molar-refractivity contribution in [3.63, 3.8) is 0 Å². The van der Waals surface area contributed by atoms with Gasteiger partial charge in [0.15, 0.2) is 5.82 Å². The minimum Gasteiger partial charge on any atom is -0.337 e. The van der Waals surface area contributed by atoms with Gasteiger partial charge in [-0.15, -0.1) is 0 Å². The Morgan fingerprint density at radius 3 is 2.52 bits per heavy atom. The van der Waals surface area contributed by atoms with Gasteiger partial charge in [0.2, 0.25) is 5.89 Å². The van der Waals surface area contributed by atoms with Crippen LogP contribution in [0.2, 0.25) is 0 Å². The Hall–Kier alpha value is -2.38. The molecule has 1 saturated carbocycles. The zero-order valence-electron chi connectivity index (χ0n) is 13.3. The summed E-state index contributed by atoms with van der Waals surface area (Å²) in [4.78, 5) is 18.7. The molecule has 1 saturated heterocycles. The highest BCUT2D eigenvalue weighted by Gasteiger charge is 2.37. The summed E-state index contributed by atoms with van der Waals surface area (Å²) < 4.78 is 43.3. The van der Waals surface area contributed by atoms with Crippen LogP contribution in [0.15, 0.2) is 28.8 Å². The van der Waals surface area contributed by atoms with E-state index in [2.05, 4.69) is 10.1 Å². The molecule has 1 unspecified atom stereocenters. The lowest BCUT2D eigenvalue weighted by atomic mass is 10.1. The van der Waals surface area contributed by atoms with Crippen LogP contribution >= 0.6 is 0 Å². The SMILES string of the molecule is O=C(c1ccc(C(F)(F)F)cc1)N1CCCC1c1nc(C2CC2)no1. The number of benzene rings is 1. The predicted molar refractivity (Wildman–Crippen MR) is 80.7 cm³/mol. The molecule has 1 aromatic heterocycles. The summed E-state index contributed by atoms with van der Waals surface area (Å²) in [7, 11) is 0. The van der Waals surface area contributed by atoms with Crippen molar-refractivity contribution in [2.24, 2.45) is 0 Å². The quantitative estimate of drug-likeness (QED) is 0.840. The molecule has 1 aliphatic heterocycles. The molecule has 1 atom stereocenters. The minimum absolute atomic E-state index is 0.224. The molecule has 1 aromatic carbocycles. The molecule has 0 N–H and O–H groups in total. The standard InChI is InChI=1S/C17H16F3N3O2/c18-17(19,20)12-7-5-11(6-8-12)16(24)23-9-1-2-13(23)15-21-14(22-25-15)10-3-4-10/h5-8,10,13H,1-4,9H2. The third-order valence-electron chi connectivity index (χ3n) is 4.66. The van der Waals surface area contributed by atoms with Crippen LogP contribution in [0, 0.1) is 0 Å². The van der Waals surface area contributed by atoms with Crippen molar-refractivity contribution in [3.8, 4) is 0 Å². The minimum atomic E-state index is -4.42. The molecule has 2 fully saturated rings. The Labute approximate surface area is 141 Å². The first-order chi connectivity index (χ1) is 11.9. The first-order valence-corrected chi connectivity index (χ1v) is 8.25. The summed E-state index contributed by atoms with van der Waals surface area (Å²) in [6.07, 6.45) is -0.812. The highest BCUT2D eigenvalue weighted by molar-refractivity contribution is 5.94. The number of halogens is 3. The maximum atomic E-state index is 12.7. The fraction of sp³-hybridized carbons (Fsp3) is 0.471. The molecule has 2 heterocycles. The summed E-state index contributed by atoms with van der Waals surface area (Å²) in [5.74, 6) is 1.14. The van der Waals surface area contributed by atoms with Crippen LogP contribution in [-0.4, -0.2) is 27.5 Å². The Balaban J connectivity index is 1.53. The normalized spacial score (nSPS) is 20.9. The van der Waals surface area contributed by atoms with Gasteiger partial charge in [0.25, 0.3) is 5.91 Å². The van der Waals surface area contributed by atoms with Crippen molar-refractivity contribution in [2.45, 2.75) is 43.8 Å². The average Bonchev–Trinajstić information content (AvgIpc) is 3.12. The van der Waals surface area contributed by atoms with E-state index >= 15 is 0 Å². The van der Waals surface area contributed by atoms with Gasteiger partial charge in [-0.25, -0.2) is 0 Å². The van der Waals surface area contributed by atoms with E-state index in [1.165, 1.54) is 12.1 Å². The van der Waals surface area contributed by atoms with Gasteiger partial charge in [-0.1, -0.05) is 5.16 Å². The lowest BCUT2D eigenvalue weighted by molar-refractivity contribution is -0.137. The second-order valence-corrected chi connectivity index (χ2v) is 6.50. The van der Waals surface area contributed by atoms with Crippen LogP contribution in [0.1, 0.15) is 65.3 Å². The van der Waals surface area contributed by atoms with E-state index < -0.39 is 11.7 Å². The number of hydrogen-bond donors (Lipinski definition) is 0. The largest absolute Gasteiger partial charge is 0.416 e.